The molecule has 0 saturated heterocycles. The Morgan fingerprint density at radius 2 is 1.33 bits per heavy atom. The molecule has 0 spiro atoms. The quantitative estimate of drug-likeness (QED) is 0.212. The van der Waals surface area contributed by atoms with Crippen LogP contribution in [0.2, 0.25) is 0 Å². The van der Waals surface area contributed by atoms with E-state index in [1.165, 1.54) is 5.32 Å². The predicted octanol–water partition coefficient (Wildman–Crippen LogP) is 8.41. The minimum absolute atomic E-state index is 0.267. The number of benzene rings is 3. The van der Waals surface area contributed by atoms with Crippen LogP contribution in [0, 0.1) is 15.2 Å². The molecule has 2 amide bonds. The average molecular weight is 728 g/mol. The van der Waals surface area contributed by atoms with Crippen molar-refractivity contribution in [3.63, 3.8) is 0 Å². The molecule has 0 unspecified atom stereocenters. The van der Waals surface area contributed by atoms with Crippen LogP contribution in [0.1, 0.15) is 31.8 Å². The standard InChI is InChI=1S/C25H13F12IN2O2/c1-40(21(42)11-4-2-5-12(26)10-11)16-7-3-6-13(17(16)27)20(41)39-19-15(23(29,30)31)9-8-14(18(19)38)22(28,24(32,33)34)25(35,36)37/h2-10H,1H3,(H,39,41). The number of rotatable bonds is 5. The summed E-state index contributed by atoms with van der Waals surface area (Å²) in [6.45, 7) is 0. The lowest BCUT2D eigenvalue weighted by Crippen LogP contribution is -2.51. The number of hydrogen-bond donors (Lipinski definition) is 1. The van der Waals surface area contributed by atoms with Gasteiger partial charge in [0.25, 0.3) is 11.8 Å². The smallest absolute Gasteiger partial charge is 0.320 e. The van der Waals surface area contributed by atoms with Gasteiger partial charge in [-0.3, -0.25) is 9.59 Å². The number of nitrogens with zero attached hydrogens (tertiary/aromatic N) is 1. The van der Waals surface area contributed by atoms with Gasteiger partial charge in [-0.1, -0.05) is 18.2 Å². The van der Waals surface area contributed by atoms with E-state index < -0.39 is 79.3 Å². The molecule has 0 aliphatic carbocycles. The minimum atomic E-state index is -6.69. The number of anilines is 2. The predicted molar refractivity (Wildman–Crippen MR) is 133 cm³/mol. The summed E-state index contributed by atoms with van der Waals surface area (Å²) in [7, 11) is 0.997. The topological polar surface area (TPSA) is 49.4 Å². The summed E-state index contributed by atoms with van der Waals surface area (Å²) in [6, 6.07) is 6.05. The number of amides is 2. The van der Waals surface area contributed by atoms with Gasteiger partial charge in [-0.05, 0) is 59.0 Å². The Morgan fingerprint density at radius 1 is 0.786 bits per heavy atom. The molecular formula is C25H13F12IN2O2. The summed E-state index contributed by atoms with van der Waals surface area (Å²) in [5, 5.41) is 1.43. The fourth-order valence-electron chi connectivity index (χ4n) is 3.73. The molecule has 3 rings (SSSR count). The van der Waals surface area contributed by atoms with Crippen LogP contribution < -0.4 is 10.2 Å². The van der Waals surface area contributed by atoms with Gasteiger partial charge in [-0.2, -0.15) is 39.5 Å². The lowest BCUT2D eigenvalue weighted by molar-refractivity contribution is -0.348. The summed E-state index contributed by atoms with van der Waals surface area (Å²) < 4.78 is 163. The lowest BCUT2D eigenvalue weighted by Gasteiger charge is -2.32. The molecule has 3 aromatic rings. The van der Waals surface area contributed by atoms with Crippen molar-refractivity contribution in [2.45, 2.75) is 24.2 Å². The van der Waals surface area contributed by atoms with Gasteiger partial charge < -0.3 is 10.2 Å². The third-order valence-corrected chi connectivity index (χ3v) is 6.92. The van der Waals surface area contributed by atoms with Crippen LogP contribution in [0.3, 0.4) is 0 Å². The van der Waals surface area contributed by atoms with Crippen molar-refractivity contribution in [2.75, 3.05) is 17.3 Å². The highest BCUT2D eigenvalue weighted by Gasteiger charge is 2.74. The van der Waals surface area contributed by atoms with Gasteiger partial charge in [-0.15, -0.1) is 0 Å². The van der Waals surface area contributed by atoms with Gasteiger partial charge in [0.2, 0.25) is 0 Å². The molecule has 0 heterocycles. The fraction of sp³-hybridized carbons (Fsp3) is 0.200. The van der Waals surface area contributed by atoms with Crippen LogP contribution in [0.15, 0.2) is 54.6 Å². The Labute approximate surface area is 241 Å². The molecule has 17 heteroatoms. The van der Waals surface area contributed by atoms with Crippen LogP contribution >= 0.6 is 22.6 Å². The number of alkyl halides is 10. The Bertz CT molecular complexity index is 1520. The molecule has 0 aliphatic rings. The molecule has 4 nitrogen and oxygen atoms in total. The van der Waals surface area contributed by atoms with Crippen LogP contribution in [0.25, 0.3) is 0 Å². The van der Waals surface area contributed by atoms with Crippen molar-refractivity contribution in [1.82, 2.24) is 0 Å². The van der Waals surface area contributed by atoms with Gasteiger partial charge in [0.15, 0.2) is 5.82 Å². The van der Waals surface area contributed by atoms with E-state index in [-0.39, 0.29) is 17.7 Å². The third kappa shape index (κ3) is 6.00. The normalized spacial score (nSPS) is 12.7. The molecule has 1 N–H and O–H groups in total. The molecule has 226 valence electrons. The molecular weight excluding hydrogens is 715 g/mol. The maximum absolute atomic E-state index is 15.3. The van der Waals surface area contributed by atoms with E-state index in [2.05, 4.69) is 0 Å². The SMILES string of the molecule is CN(C(=O)c1cccc(F)c1)c1cccc(C(=O)Nc2c(C(F)(F)F)ccc(C(F)(C(F)(F)F)C(F)(F)F)c2I)c1F. The third-order valence-electron chi connectivity index (χ3n) is 5.80. The van der Waals surface area contributed by atoms with Crippen molar-refractivity contribution in [3.8, 4) is 0 Å². The number of halogens is 13. The molecule has 0 fully saturated rings. The van der Waals surface area contributed by atoms with Crippen LogP contribution in [0.5, 0.6) is 0 Å². The Morgan fingerprint density at radius 3 is 1.86 bits per heavy atom. The number of hydrogen-bond acceptors (Lipinski definition) is 2. The number of nitrogens with one attached hydrogen (secondary N) is 1. The Kier molecular flexibility index (Phi) is 8.87. The summed E-state index contributed by atoms with van der Waals surface area (Å²) in [4.78, 5) is 26.1. The monoisotopic (exact) mass is 728 g/mol. The molecule has 0 radical (unpaired) electrons. The zero-order chi connectivity index (χ0) is 32.0. The van der Waals surface area contributed by atoms with Crippen molar-refractivity contribution in [2.24, 2.45) is 0 Å². The van der Waals surface area contributed by atoms with E-state index in [9.17, 15) is 57.9 Å². The highest BCUT2D eigenvalue weighted by atomic mass is 127. The Balaban J connectivity index is 2.13. The highest BCUT2D eigenvalue weighted by Crippen LogP contribution is 2.55. The summed E-state index contributed by atoms with van der Waals surface area (Å²) in [5.74, 6) is -5.17. The fourth-order valence-corrected chi connectivity index (χ4v) is 4.70. The highest BCUT2D eigenvalue weighted by molar-refractivity contribution is 14.1. The van der Waals surface area contributed by atoms with Crippen molar-refractivity contribution >= 4 is 45.8 Å². The molecule has 0 atom stereocenters. The first kappa shape index (κ1) is 33.0. The van der Waals surface area contributed by atoms with Crippen LogP contribution in [-0.4, -0.2) is 31.2 Å². The van der Waals surface area contributed by atoms with Gasteiger partial charge in [-0.25, -0.2) is 13.2 Å². The maximum atomic E-state index is 15.3. The molecule has 0 saturated carbocycles. The maximum Gasteiger partial charge on any atom is 0.435 e. The van der Waals surface area contributed by atoms with E-state index >= 15 is 4.39 Å². The zero-order valence-electron chi connectivity index (χ0n) is 20.4. The summed E-state index contributed by atoms with van der Waals surface area (Å²) in [6.07, 6.45) is -18.9. The number of carbonyl (C=O) groups excluding carboxylic acids is 2. The second kappa shape index (κ2) is 11.3. The van der Waals surface area contributed by atoms with Crippen LogP contribution in [0.4, 0.5) is 64.1 Å². The lowest BCUT2D eigenvalue weighted by atomic mass is 9.92. The largest absolute Gasteiger partial charge is 0.435 e. The van der Waals surface area contributed by atoms with Gasteiger partial charge in [0, 0.05) is 21.7 Å². The molecule has 42 heavy (non-hydrogen) atoms. The molecule has 0 aromatic heterocycles. The minimum Gasteiger partial charge on any atom is -0.320 e. The van der Waals surface area contributed by atoms with Crippen molar-refractivity contribution in [1.29, 1.82) is 0 Å². The second-order valence-electron chi connectivity index (χ2n) is 8.47. The van der Waals surface area contributed by atoms with E-state index in [1.807, 2.05) is 0 Å². The first-order valence-corrected chi connectivity index (χ1v) is 12.1. The summed E-state index contributed by atoms with van der Waals surface area (Å²) in [5.41, 5.74) is -14.2. The van der Waals surface area contributed by atoms with E-state index in [0.717, 1.165) is 43.4 Å². The van der Waals surface area contributed by atoms with Gasteiger partial charge in [0.1, 0.15) is 5.82 Å². The van der Waals surface area contributed by atoms with Crippen molar-refractivity contribution in [3.05, 3.63) is 92.1 Å². The van der Waals surface area contributed by atoms with Gasteiger partial charge in [0.05, 0.1) is 22.5 Å². The average Bonchev–Trinajstić information content (AvgIpc) is 2.86. The van der Waals surface area contributed by atoms with Crippen LogP contribution in [-0.2, 0) is 11.8 Å². The molecule has 0 bridgehead atoms. The first-order chi connectivity index (χ1) is 19.1. The molecule has 3 aromatic carbocycles. The van der Waals surface area contributed by atoms with E-state index in [1.54, 1.807) is 0 Å². The van der Waals surface area contributed by atoms with E-state index in [4.69, 9.17) is 0 Å². The zero-order valence-corrected chi connectivity index (χ0v) is 22.5. The van der Waals surface area contributed by atoms with Gasteiger partial charge >= 0.3 is 24.2 Å². The van der Waals surface area contributed by atoms with Crippen molar-refractivity contribution < 1.29 is 62.3 Å². The molecule has 0 aliphatic heterocycles. The number of carbonyl (C=O) groups is 2. The summed E-state index contributed by atoms with van der Waals surface area (Å²) >= 11 is 0.576. The first-order valence-electron chi connectivity index (χ1n) is 11.0. The second-order valence-corrected chi connectivity index (χ2v) is 9.55. The van der Waals surface area contributed by atoms with E-state index in [0.29, 0.717) is 33.6 Å². The Hall–Kier alpha value is -3.51.